The summed E-state index contributed by atoms with van der Waals surface area (Å²) in [6.07, 6.45) is 2.48. The number of carbonyl (C=O) groups excluding carboxylic acids is 2. The van der Waals surface area contributed by atoms with Crippen LogP contribution in [0.1, 0.15) is 22.8 Å². The molecule has 0 saturated heterocycles. The quantitative estimate of drug-likeness (QED) is 0.517. The molecule has 0 aliphatic carbocycles. The second-order valence-corrected chi connectivity index (χ2v) is 6.25. The van der Waals surface area contributed by atoms with E-state index in [1.807, 2.05) is 59.2 Å². The van der Waals surface area contributed by atoms with E-state index in [2.05, 4.69) is 11.9 Å². The first-order valence-electron chi connectivity index (χ1n) is 8.81. The van der Waals surface area contributed by atoms with Gasteiger partial charge in [0.1, 0.15) is 0 Å². The van der Waals surface area contributed by atoms with Gasteiger partial charge >= 0.3 is 5.97 Å². The molecule has 0 bridgehead atoms. The summed E-state index contributed by atoms with van der Waals surface area (Å²) in [5.41, 5.74) is 2.53. The first-order chi connectivity index (χ1) is 13.1. The molecule has 0 radical (unpaired) electrons. The Bertz CT molecular complexity index is 960. The number of rotatable bonds is 7. The van der Waals surface area contributed by atoms with Crippen molar-refractivity contribution in [1.82, 2.24) is 9.88 Å². The summed E-state index contributed by atoms with van der Waals surface area (Å²) in [6.45, 7) is 6.07. The Labute approximate surface area is 158 Å². The van der Waals surface area contributed by atoms with Gasteiger partial charge in [0.25, 0.3) is 5.91 Å². The second kappa shape index (κ2) is 8.36. The highest BCUT2D eigenvalue weighted by Crippen LogP contribution is 2.23. The molecule has 1 amide bonds. The minimum Gasteiger partial charge on any atom is -0.449 e. The number of nitrogens with one attached hydrogen (secondary N) is 1. The van der Waals surface area contributed by atoms with Crippen molar-refractivity contribution in [2.75, 3.05) is 6.54 Å². The molecule has 0 fully saturated rings. The van der Waals surface area contributed by atoms with E-state index >= 15 is 0 Å². The molecule has 3 rings (SSSR count). The van der Waals surface area contributed by atoms with Crippen LogP contribution in [0.4, 0.5) is 0 Å². The number of benzene rings is 2. The van der Waals surface area contributed by atoms with Crippen LogP contribution < -0.4 is 5.32 Å². The third-order valence-corrected chi connectivity index (χ3v) is 4.28. The maximum Gasteiger partial charge on any atom is 0.341 e. The lowest BCUT2D eigenvalue weighted by Crippen LogP contribution is -2.35. The highest BCUT2D eigenvalue weighted by atomic mass is 16.5. The van der Waals surface area contributed by atoms with Crippen LogP contribution in [0.2, 0.25) is 0 Å². The molecular formula is C22H22N2O3. The zero-order valence-electron chi connectivity index (χ0n) is 15.2. The zero-order chi connectivity index (χ0) is 19.2. The van der Waals surface area contributed by atoms with E-state index in [0.717, 1.165) is 16.5 Å². The number of hydrogen-bond acceptors (Lipinski definition) is 3. The van der Waals surface area contributed by atoms with Crippen molar-refractivity contribution in [3.05, 3.63) is 84.6 Å². The van der Waals surface area contributed by atoms with Crippen LogP contribution in [0.3, 0.4) is 0 Å². The number of amides is 1. The van der Waals surface area contributed by atoms with Crippen molar-refractivity contribution in [2.45, 2.75) is 19.6 Å². The molecule has 1 atom stereocenters. The molecule has 3 aromatic rings. The van der Waals surface area contributed by atoms with Gasteiger partial charge in [-0.1, -0.05) is 54.6 Å². The lowest BCUT2D eigenvalue weighted by atomic mass is 10.2. The van der Waals surface area contributed by atoms with E-state index in [9.17, 15) is 9.59 Å². The van der Waals surface area contributed by atoms with Gasteiger partial charge in [-0.2, -0.15) is 0 Å². The fourth-order valence-corrected chi connectivity index (χ4v) is 2.91. The number of nitrogens with zero attached hydrogens (tertiary/aromatic N) is 1. The number of para-hydroxylation sites is 1. The highest BCUT2D eigenvalue weighted by Gasteiger charge is 2.21. The summed E-state index contributed by atoms with van der Waals surface area (Å²) in [5, 5.41) is 3.43. The van der Waals surface area contributed by atoms with Crippen LogP contribution in [0.25, 0.3) is 10.9 Å². The van der Waals surface area contributed by atoms with Gasteiger partial charge in [0.05, 0.1) is 5.56 Å². The van der Waals surface area contributed by atoms with Gasteiger partial charge in [-0.15, -0.1) is 6.58 Å². The van der Waals surface area contributed by atoms with E-state index in [4.69, 9.17) is 4.74 Å². The van der Waals surface area contributed by atoms with Crippen molar-refractivity contribution >= 4 is 22.8 Å². The monoisotopic (exact) mass is 362 g/mol. The summed E-state index contributed by atoms with van der Waals surface area (Å²) in [5.74, 6) is -0.865. The maximum atomic E-state index is 12.7. The molecule has 2 aromatic carbocycles. The molecule has 0 saturated carbocycles. The second-order valence-electron chi connectivity index (χ2n) is 6.25. The van der Waals surface area contributed by atoms with E-state index in [0.29, 0.717) is 18.7 Å². The van der Waals surface area contributed by atoms with Gasteiger partial charge in [-0.3, -0.25) is 4.79 Å². The summed E-state index contributed by atoms with van der Waals surface area (Å²) in [7, 11) is 0. The van der Waals surface area contributed by atoms with Crippen molar-refractivity contribution < 1.29 is 14.3 Å². The normalized spacial score (nSPS) is 11.7. The van der Waals surface area contributed by atoms with E-state index in [1.165, 1.54) is 0 Å². The van der Waals surface area contributed by atoms with Gasteiger partial charge in [0.15, 0.2) is 6.10 Å². The Morgan fingerprint density at radius 3 is 2.59 bits per heavy atom. The molecule has 138 valence electrons. The minimum absolute atomic E-state index is 0.330. The molecule has 27 heavy (non-hydrogen) atoms. The summed E-state index contributed by atoms with van der Waals surface area (Å²) < 4.78 is 7.39. The predicted molar refractivity (Wildman–Crippen MR) is 106 cm³/mol. The summed E-state index contributed by atoms with van der Waals surface area (Å²) in [4.78, 5) is 24.6. The third-order valence-electron chi connectivity index (χ3n) is 4.28. The Hall–Kier alpha value is -3.34. The minimum atomic E-state index is -0.881. The molecule has 0 aliphatic rings. The molecule has 0 aliphatic heterocycles. The van der Waals surface area contributed by atoms with Crippen LogP contribution >= 0.6 is 0 Å². The SMILES string of the molecule is C=CCNC(=O)C(C)OC(=O)c1cn(Cc2ccccc2)c2ccccc12. The van der Waals surface area contributed by atoms with Gasteiger partial charge in [0, 0.05) is 30.2 Å². The van der Waals surface area contributed by atoms with Crippen LogP contribution in [0.5, 0.6) is 0 Å². The van der Waals surface area contributed by atoms with E-state index in [-0.39, 0.29) is 5.91 Å². The molecular weight excluding hydrogens is 340 g/mol. The van der Waals surface area contributed by atoms with Crippen LogP contribution in [0, 0.1) is 0 Å². The third kappa shape index (κ3) is 4.26. The highest BCUT2D eigenvalue weighted by molar-refractivity contribution is 6.05. The van der Waals surface area contributed by atoms with E-state index < -0.39 is 12.1 Å². The fraction of sp³-hybridized carbons (Fsp3) is 0.182. The number of aromatic nitrogens is 1. The standard InChI is InChI=1S/C22H22N2O3/c1-3-13-23-21(25)16(2)27-22(26)19-15-24(14-17-9-5-4-6-10-17)20-12-8-7-11-18(19)20/h3-12,15-16H,1,13-14H2,2H3,(H,23,25). The van der Waals surface area contributed by atoms with Gasteiger partial charge < -0.3 is 14.6 Å². The Morgan fingerprint density at radius 1 is 1.15 bits per heavy atom. The average Bonchev–Trinajstić information content (AvgIpc) is 3.05. The lowest BCUT2D eigenvalue weighted by molar-refractivity contribution is -0.128. The zero-order valence-corrected chi connectivity index (χ0v) is 15.2. The summed E-state index contributed by atoms with van der Waals surface area (Å²) >= 11 is 0. The number of esters is 1. The number of ether oxygens (including phenoxy) is 1. The molecule has 0 spiro atoms. The smallest absolute Gasteiger partial charge is 0.341 e. The molecule has 1 N–H and O–H groups in total. The predicted octanol–water partition coefficient (Wildman–Crippen LogP) is 3.54. The van der Waals surface area contributed by atoms with Crippen molar-refractivity contribution in [2.24, 2.45) is 0 Å². The Morgan fingerprint density at radius 2 is 1.85 bits per heavy atom. The molecule has 1 unspecified atom stereocenters. The first-order valence-corrected chi connectivity index (χ1v) is 8.81. The molecule has 5 heteroatoms. The van der Waals surface area contributed by atoms with Gasteiger partial charge in [-0.05, 0) is 18.6 Å². The Balaban J connectivity index is 1.85. The van der Waals surface area contributed by atoms with Crippen LogP contribution in [0.15, 0.2) is 73.4 Å². The topological polar surface area (TPSA) is 60.3 Å². The van der Waals surface area contributed by atoms with Crippen molar-refractivity contribution in [3.8, 4) is 0 Å². The van der Waals surface area contributed by atoms with E-state index in [1.54, 1.807) is 19.2 Å². The maximum absolute atomic E-state index is 12.7. The van der Waals surface area contributed by atoms with Crippen molar-refractivity contribution in [3.63, 3.8) is 0 Å². The van der Waals surface area contributed by atoms with Crippen LogP contribution in [-0.2, 0) is 16.1 Å². The number of hydrogen-bond donors (Lipinski definition) is 1. The number of carbonyl (C=O) groups is 2. The first kappa shape index (κ1) is 18.5. The lowest BCUT2D eigenvalue weighted by Gasteiger charge is -2.12. The summed E-state index contributed by atoms with van der Waals surface area (Å²) in [6, 6.07) is 17.7. The molecule has 1 aromatic heterocycles. The van der Waals surface area contributed by atoms with Gasteiger partial charge in [0.2, 0.25) is 0 Å². The molecule has 5 nitrogen and oxygen atoms in total. The van der Waals surface area contributed by atoms with Gasteiger partial charge in [-0.25, -0.2) is 4.79 Å². The molecule has 1 heterocycles. The van der Waals surface area contributed by atoms with Crippen LogP contribution in [-0.4, -0.2) is 29.1 Å². The largest absolute Gasteiger partial charge is 0.449 e. The van der Waals surface area contributed by atoms with Crippen molar-refractivity contribution in [1.29, 1.82) is 0 Å². The fourth-order valence-electron chi connectivity index (χ4n) is 2.91. The Kier molecular flexibility index (Phi) is 5.71. The number of fused-ring (bicyclic) bond motifs is 1. The average molecular weight is 362 g/mol.